The van der Waals surface area contributed by atoms with Crippen LogP contribution in [-0.2, 0) is 32.0 Å². The summed E-state index contributed by atoms with van der Waals surface area (Å²) in [6.45, 7) is 0. The number of thioether (sulfide) groups is 2. The Bertz CT molecular complexity index is 1380. The fourth-order valence-electron chi connectivity index (χ4n) is 4.53. The molecule has 3 rings (SSSR count). The van der Waals surface area contributed by atoms with Crippen LogP contribution in [0.5, 0.6) is 5.75 Å². The molecule has 4 atom stereocenters. The van der Waals surface area contributed by atoms with E-state index in [4.69, 9.17) is 5.73 Å². The first-order valence-electron chi connectivity index (χ1n) is 13.8. The fraction of sp³-hybridized carbons (Fsp3) is 0.400. The summed E-state index contributed by atoms with van der Waals surface area (Å²) >= 11 is 2.99. The molecule has 1 aromatic heterocycles. The summed E-state index contributed by atoms with van der Waals surface area (Å²) in [7, 11) is 0. The van der Waals surface area contributed by atoms with Crippen LogP contribution >= 0.6 is 23.5 Å². The van der Waals surface area contributed by atoms with Crippen LogP contribution in [0.3, 0.4) is 0 Å². The van der Waals surface area contributed by atoms with Crippen LogP contribution in [0.2, 0.25) is 0 Å². The molecule has 8 N–H and O–H groups in total. The second-order valence-corrected chi connectivity index (χ2v) is 12.1. The largest absolute Gasteiger partial charge is 0.508 e. The van der Waals surface area contributed by atoms with E-state index >= 15 is 0 Å². The smallest absolute Gasteiger partial charge is 0.326 e. The molecule has 11 nitrogen and oxygen atoms in total. The monoisotopic (exact) mass is 629 g/mol. The number of carbonyl (C=O) groups is 4. The van der Waals surface area contributed by atoms with Crippen LogP contribution in [0.1, 0.15) is 24.0 Å². The number of carboxylic acid groups (broad SMARTS) is 1. The van der Waals surface area contributed by atoms with Crippen LogP contribution < -0.4 is 21.7 Å². The van der Waals surface area contributed by atoms with Gasteiger partial charge in [0.15, 0.2) is 0 Å². The zero-order valence-electron chi connectivity index (χ0n) is 24.2. The number of benzene rings is 2. The molecular weight excluding hydrogens is 590 g/mol. The van der Waals surface area contributed by atoms with Crippen molar-refractivity contribution in [1.82, 2.24) is 20.9 Å². The van der Waals surface area contributed by atoms with Gasteiger partial charge in [-0.1, -0.05) is 30.3 Å². The highest BCUT2D eigenvalue weighted by atomic mass is 32.2. The number of H-pyrrole nitrogens is 1. The number of nitrogens with one attached hydrogen (secondary N) is 4. The van der Waals surface area contributed by atoms with Crippen molar-refractivity contribution >= 4 is 58.1 Å². The number of aromatic nitrogens is 1. The summed E-state index contributed by atoms with van der Waals surface area (Å²) in [5.41, 5.74) is 8.47. The number of carbonyl (C=O) groups excluding carboxylic acids is 3. The number of amides is 3. The zero-order valence-corrected chi connectivity index (χ0v) is 25.8. The van der Waals surface area contributed by atoms with Crippen LogP contribution in [-0.4, -0.2) is 87.1 Å². The molecule has 0 fully saturated rings. The van der Waals surface area contributed by atoms with E-state index in [9.17, 15) is 29.4 Å². The Morgan fingerprint density at radius 3 is 1.95 bits per heavy atom. The molecule has 43 heavy (non-hydrogen) atoms. The summed E-state index contributed by atoms with van der Waals surface area (Å²) in [4.78, 5) is 54.9. The SMILES string of the molecule is CSCCC(NC(=O)C(N)Cc1ccc(O)cc1)C(=O)NC(CCSC)C(=O)NC(Cc1c[nH]c2ccccc12)C(=O)O. The lowest BCUT2D eigenvalue weighted by Gasteiger charge is -2.25. The number of hydrogen-bond acceptors (Lipinski definition) is 8. The first-order chi connectivity index (χ1) is 20.6. The Labute approximate surface area is 259 Å². The quantitative estimate of drug-likeness (QED) is 0.117. The molecule has 0 aliphatic carbocycles. The first-order valence-corrected chi connectivity index (χ1v) is 16.6. The van der Waals surface area contributed by atoms with Crippen molar-refractivity contribution < 1.29 is 29.4 Å². The molecule has 0 saturated heterocycles. The third-order valence-corrected chi connectivity index (χ3v) is 8.22. The van der Waals surface area contributed by atoms with Gasteiger partial charge in [-0.05, 0) is 72.6 Å². The van der Waals surface area contributed by atoms with E-state index in [2.05, 4.69) is 20.9 Å². The number of phenols is 1. The third kappa shape index (κ3) is 10.2. The average Bonchev–Trinajstić information content (AvgIpc) is 3.40. The molecule has 0 aliphatic heterocycles. The van der Waals surface area contributed by atoms with Crippen molar-refractivity contribution in [2.45, 2.75) is 49.9 Å². The molecule has 2 aromatic carbocycles. The van der Waals surface area contributed by atoms with Gasteiger partial charge in [-0.15, -0.1) is 0 Å². The highest BCUT2D eigenvalue weighted by Gasteiger charge is 2.30. The van der Waals surface area contributed by atoms with E-state index in [0.717, 1.165) is 22.0 Å². The number of aliphatic carboxylic acids is 1. The van der Waals surface area contributed by atoms with Gasteiger partial charge in [0.2, 0.25) is 17.7 Å². The molecule has 3 amide bonds. The minimum absolute atomic E-state index is 0.0552. The van der Waals surface area contributed by atoms with Gasteiger partial charge in [0.1, 0.15) is 23.9 Å². The van der Waals surface area contributed by atoms with Gasteiger partial charge in [0.05, 0.1) is 6.04 Å². The lowest BCUT2D eigenvalue weighted by Crippen LogP contribution is -2.57. The van der Waals surface area contributed by atoms with Crippen molar-refractivity contribution in [3.05, 3.63) is 65.9 Å². The van der Waals surface area contributed by atoms with Crippen LogP contribution in [0.25, 0.3) is 10.9 Å². The summed E-state index contributed by atoms with van der Waals surface area (Å²) < 4.78 is 0. The highest BCUT2D eigenvalue weighted by Crippen LogP contribution is 2.19. The molecule has 13 heteroatoms. The number of aromatic amines is 1. The maximum atomic E-state index is 13.4. The Balaban J connectivity index is 1.69. The third-order valence-electron chi connectivity index (χ3n) is 6.93. The molecule has 1 heterocycles. The molecule has 0 spiro atoms. The molecule has 0 saturated carbocycles. The number of fused-ring (bicyclic) bond motifs is 1. The van der Waals surface area contributed by atoms with Crippen molar-refractivity contribution in [2.75, 3.05) is 24.0 Å². The van der Waals surface area contributed by atoms with Gasteiger partial charge in [0.25, 0.3) is 0 Å². The predicted octanol–water partition coefficient (Wildman–Crippen LogP) is 2.03. The normalized spacial score (nSPS) is 13.9. The van der Waals surface area contributed by atoms with Crippen molar-refractivity contribution in [1.29, 1.82) is 0 Å². The number of hydrogen-bond donors (Lipinski definition) is 7. The second-order valence-electron chi connectivity index (χ2n) is 10.1. The molecule has 0 aliphatic rings. The minimum atomic E-state index is -1.22. The van der Waals surface area contributed by atoms with Gasteiger partial charge in [-0.2, -0.15) is 23.5 Å². The van der Waals surface area contributed by atoms with Crippen LogP contribution in [0, 0.1) is 0 Å². The lowest BCUT2D eigenvalue weighted by atomic mass is 10.0. The van der Waals surface area contributed by atoms with Gasteiger partial charge in [-0.3, -0.25) is 14.4 Å². The molecule has 232 valence electrons. The number of nitrogens with two attached hydrogens (primary N) is 1. The Kier molecular flexibility index (Phi) is 13.2. The summed E-state index contributed by atoms with van der Waals surface area (Å²) in [6, 6.07) is 9.71. The molecule has 3 aromatic rings. The van der Waals surface area contributed by atoms with E-state index in [1.165, 1.54) is 35.7 Å². The zero-order chi connectivity index (χ0) is 31.4. The van der Waals surface area contributed by atoms with Gasteiger partial charge >= 0.3 is 5.97 Å². The number of aromatic hydroxyl groups is 1. The van der Waals surface area contributed by atoms with E-state index in [1.54, 1.807) is 18.3 Å². The fourth-order valence-corrected chi connectivity index (χ4v) is 5.47. The van der Waals surface area contributed by atoms with E-state index in [-0.39, 0.29) is 25.0 Å². The summed E-state index contributed by atoms with van der Waals surface area (Å²) in [6.07, 6.45) is 6.30. The van der Waals surface area contributed by atoms with Crippen molar-refractivity contribution in [3.63, 3.8) is 0 Å². The Hall–Kier alpha value is -3.68. The number of para-hydroxylation sites is 1. The van der Waals surface area contributed by atoms with Gasteiger partial charge < -0.3 is 36.9 Å². The molecule has 0 radical (unpaired) electrons. The average molecular weight is 630 g/mol. The standard InChI is InChI=1S/C30H39N5O6S2/c1-42-13-11-24(33-27(37)22(31)15-18-7-9-20(36)10-8-18)28(38)34-25(12-14-43-2)29(39)35-26(30(40)41)16-19-17-32-23-6-4-3-5-21(19)23/h3-10,17,22,24-26,32,36H,11-16,31H2,1-2H3,(H,33,37)(H,34,38)(H,35,39)(H,40,41). The number of carboxylic acids is 1. The maximum absolute atomic E-state index is 13.4. The molecule has 0 bridgehead atoms. The Morgan fingerprint density at radius 1 is 0.814 bits per heavy atom. The van der Waals surface area contributed by atoms with E-state index < -0.39 is 47.9 Å². The second kappa shape index (κ2) is 16.8. The van der Waals surface area contributed by atoms with E-state index in [1.807, 2.05) is 36.8 Å². The predicted molar refractivity (Wildman–Crippen MR) is 171 cm³/mol. The molecular formula is C30H39N5O6S2. The topological polar surface area (TPSA) is 187 Å². The summed E-state index contributed by atoms with van der Waals surface area (Å²) in [5.74, 6) is -1.68. The first kappa shape index (κ1) is 33.8. The van der Waals surface area contributed by atoms with E-state index in [0.29, 0.717) is 17.9 Å². The van der Waals surface area contributed by atoms with Gasteiger partial charge in [0, 0.05) is 23.5 Å². The number of phenolic OH excluding ortho intramolecular Hbond substituents is 1. The Morgan fingerprint density at radius 2 is 1.37 bits per heavy atom. The number of rotatable bonds is 17. The van der Waals surface area contributed by atoms with Crippen LogP contribution in [0.4, 0.5) is 0 Å². The van der Waals surface area contributed by atoms with Crippen LogP contribution in [0.15, 0.2) is 54.7 Å². The minimum Gasteiger partial charge on any atom is -0.508 e. The van der Waals surface area contributed by atoms with Crippen molar-refractivity contribution in [3.8, 4) is 5.75 Å². The molecule has 4 unspecified atom stereocenters. The van der Waals surface area contributed by atoms with Crippen molar-refractivity contribution in [2.24, 2.45) is 5.73 Å². The van der Waals surface area contributed by atoms with Gasteiger partial charge in [-0.25, -0.2) is 4.79 Å². The lowest BCUT2D eigenvalue weighted by molar-refractivity contribution is -0.142. The summed E-state index contributed by atoms with van der Waals surface area (Å²) in [5, 5.41) is 28.3. The highest BCUT2D eigenvalue weighted by molar-refractivity contribution is 7.98. The maximum Gasteiger partial charge on any atom is 0.326 e.